The molecule has 158 valence electrons. The van der Waals surface area contributed by atoms with Crippen LogP contribution < -0.4 is 10.2 Å². The molecule has 4 rings (SSSR count). The lowest BCUT2D eigenvalue weighted by Crippen LogP contribution is -2.36. The highest BCUT2D eigenvalue weighted by Gasteiger charge is 2.27. The number of aromatic nitrogens is 2. The van der Waals surface area contributed by atoms with Crippen LogP contribution in [0.5, 0.6) is 0 Å². The van der Waals surface area contributed by atoms with Crippen molar-refractivity contribution in [1.29, 1.82) is 5.26 Å². The number of hydrogen-bond donors (Lipinski definition) is 2. The van der Waals surface area contributed by atoms with Crippen LogP contribution in [0.4, 0.5) is 11.6 Å². The maximum atomic E-state index is 12.6. The Balaban J connectivity index is 1.49. The molecule has 10 nitrogen and oxygen atoms in total. The van der Waals surface area contributed by atoms with E-state index in [0.717, 1.165) is 12.8 Å². The second-order valence-corrected chi connectivity index (χ2v) is 9.04. The van der Waals surface area contributed by atoms with Gasteiger partial charge in [-0.15, -0.1) is 0 Å². The first kappa shape index (κ1) is 20.3. The summed E-state index contributed by atoms with van der Waals surface area (Å²) >= 11 is 0. The third-order valence-electron chi connectivity index (χ3n) is 5.23. The average molecular weight is 430 g/mol. The zero-order valence-electron chi connectivity index (χ0n) is 16.3. The van der Waals surface area contributed by atoms with Crippen molar-refractivity contribution in [2.75, 3.05) is 49.6 Å². The number of morpholine rings is 1. The molecular weight excluding hydrogens is 408 g/mol. The Bertz CT molecular complexity index is 1060. The lowest BCUT2D eigenvalue weighted by atomic mass is 10.2. The molecule has 2 fully saturated rings. The fourth-order valence-corrected chi connectivity index (χ4v) is 5.09. The Morgan fingerprint density at radius 1 is 1.13 bits per heavy atom. The molecule has 0 aliphatic carbocycles. The van der Waals surface area contributed by atoms with Gasteiger partial charge in [0, 0.05) is 31.7 Å². The summed E-state index contributed by atoms with van der Waals surface area (Å²) in [5.74, 6) is 0.217. The number of anilines is 2. The number of hydrogen-bond acceptors (Lipinski definition) is 7. The first-order valence-electron chi connectivity index (χ1n) is 9.73. The molecule has 2 saturated heterocycles. The van der Waals surface area contributed by atoms with Crippen LogP contribution in [-0.2, 0) is 14.8 Å². The maximum absolute atomic E-state index is 12.6. The van der Waals surface area contributed by atoms with Crippen molar-refractivity contribution in [2.45, 2.75) is 17.7 Å². The van der Waals surface area contributed by atoms with Crippen LogP contribution in [0.15, 0.2) is 29.2 Å². The average Bonchev–Trinajstić information content (AvgIpc) is 3.45. The molecule has 0 unspecified atom stereocenters. The van der Waals surface area contributed by atoms with Crippen LogP contribution >= 0.6 is 0 Å². The van der Waals surface area contributed by atoms with Crippen LogP contribution in [0.1, 0.15) is 28.8 Å². The van der Waals surface area contributed by atoms with E-state index in [9.17, 15) is 18.5 Å². The number of carbonyl (C=O) groups excluding carboxylic acids is 1. The number of carbonyl (C=O) groups is 1. The summed E-state index contributed by atoms with van der Waals surface area (Å²) in [4.78, 5) is 14.7. The Kier molecular flexibility index (Phi) is 5.72. The van der Waals surface area contributed by atoms with Gasteiger partial charge in [0.2, 0.25) is 10.0 Å². The van der Waals surface area contributed by atoms with E-state index in [0.29, 0.717) is 45.2 Å². The van der Waals surface area contributed by atoms with E-state index in [-0.39, 0.29) is 21.8 Å². The predicted octanol–water partition coefficient (Wildman–Crippen LogP) is 1.15. The summed E-state index contributed by atoms with van der Waals surface area (Å²) in [6, 6.07) is 7.87. The topological polar surface area (TPSA) is 131 Å². The first-order chi connectivity index (χ1) is 14.5. The maximum Gasteiger partial charge on any atom is 0.256 e. The number of nitrogens with zero attached hydrogens (tertiary/aromatic N) is 4. The molecule has 3 heterocycles. The monoisotopic (exact) mass is 430 g/mol. The van der Waals surface area contributed by atoms with Crippen molar-refractivity contribution in [3.63, 3.8) is 0 Å². The molecule has 0 radical (unpaired) electrons. The van der Waals surface area contributed by atoms with Crippen molar-refractivity contribution < 1.29 is 17.9 Å². The summed E-state index contributed by atoms with van der Waals surface area (Å²) in [6.45, 7) is 3.36. The molecular formula is C19H22N6O4S. The van der Waals surface area contributed by atoms with E-state index in [1.54, 1.807) is 0 Å². The van der Waals surface area contributed by atoms with Gasteiger partial charge in [-0.05, 0) is 37.1 Å². The molecule has 0 saturated carbocycles. The van der Waals surface area contributed by atoms with Crippen molar-refractivity contribution in [3.05, 3.63) is 35.4 Å². The predicted molar refractivity (Wildman–Crippen MR) is 109 cm³/mol. The Hall–Kier alpha value is -2.94. The lowest BCUT2D eigenvalue weighted by molar-refractivity contribution is 0.102. The van der Waals surface area contributed by atoms with Crippen molar-refractivity contribution in [2.24, 2.45) is 0 Å². The fraction of sp³-hybridized carbons (Fsp3) is 0.421. The number of sulfonamides is 1. The number of rotatable bonds is 5. The zero-order chi connectivity index (χ0) is 21.1. The van der Waals surface area contributed by atoms with Gasteiger partial charge in [-0.1, -0.05) is 0 Å². The number of nitrogens with one attached hydrogen (secondary N) is 2. The molecule has 11 heteroatoms. The van der Waals surface area contributed by atoms with Crippen LogP contribution in [-0.4, -0.2) is 68.2 Å². The Morgan fingerprint density at radius 3 is 2.43 bits per heavy atom. The molecule has 2 N–H and O–H groups in total. The van der Waals surface area contributed by atoms with Crippen LogP contribution in [0.25, 0.3) is 0 Å². The minimum Gasteiger partial charge on any atom is -0.378 e. The normalized spacial score (nSPS) is 17.6. The van der Waals surface area contributed by atoms with Crippen LogP contribution in [0.3, 0.4) is 0 Å². The Morgan fingerprint density at radius 2 is 1.80 bits per heavy atom. The second-order valence-electron chi connectivity index (χ2n) is 7.10. The van der Waals surface area contributed by atoms with Gasteiger partial charge in [0.05, 0.1) is 18.1 Å². The van der Waals surface area contributed by atoms with Gasteiger partial charge in [-0.2, -0.15) is 14.7 Å². The summed E-state index contributed by atoms with van der Waals surface area (Å²) < 4.78 is 32.0. The summed E-state index contributed by atoms with van der Waals surface area (Å²) in [5.41, 5.74) is 0.528. The molecule has 0 bridgehead atoms. The van der Waals surface area contributed by atoms with Crippen molar-refractivity contribution in [3.8, 4) is 6.07 Å². The van der Waals surface area contributed by atoms with E-state index < -0.39 is 15.9 Å². The van der Waals surface area contributed by atoms with E-state index in [2.05, 4.69) is 21.6 Å². The standard InChI is InChI=1S/C19H22N6O4S/c20-13-16-17(22-23-18(16)24-9-11-29-12-10-24)21-19(26)14-3-5-15(6-4-14)30(27,28)25-7-1-2-8-25/h3-6H,1-2,7-12H2,(H2,21,22,23,26). The first-order valence-corrected chi connectivity index (χ1v) is 11.2. The highest BCUT2D eigenvalue weighted by Crippen LogP contribution is 2.25. The second kappa shape index (κ2) is 8.43. The minimum atomic E-state index is -3.53. The van der Waals surface area contributed by atoms with Gasteiger partial charge in [-0.25, -0.2) is 8.42 Å². The van der Waals surface area contributed by atoms with Crippen LogP contribution in [0.2, 0.25) is 0 Å². The third-order valence-corrected chi connectivity index (χ3v) is 7.14. The van der Waals surface area contributed by atoms with Crippen molar-refractivity contribution in [1.82, 2.24) is 14.5 Å². The number of amides is 1. The molecule has 30 heavy (non-hydrogen) atoms. The van der Waals surface area contributed by atoms with E-state index >= 15 is 0 Å². The molecule has 1 amide bonds. The molecule has 2 aromatic rings. The lowest BCUT2D eigenvalue weighted by Gasteiger charge is -2.26. The Labute approximate surface area is 174 Å². The molecule has 0 spiro atoms. The number of nitriles is 1. The molecule has 2 aliphatic heterocycles. The number of ether oxygens (including phenoxy) is 1. The highest BCUT2D eigenvalue weighted by molar-refractivity contribution is 7.89. The fourth-order valence-electron chi connectivity index (χ4n) is 3.57. The smallest absolute Gasteiger partial charge is 0.256 e. The summed E-state index contributed by atoms with van der Waals surface area (Å²) in [7, 11) is -3.53. The molecule has 0 atom stereocenters. The zero-order valence-corrected chi connectivity index (χ0v) is 17.1. The summed E-state index contributed by atoms with van der Waals surface area (Å²) in [5, 5.41) is 19.1. The SMILES string of the molecule is N#Cc1c(N2CCOCC2)n[nH]c1NC(=O)c1ccc(S(=O)(=O)N2CCCC2)cc1. The van der Waals surface area contributed by atoms with Gasteiger partial charge in [0.15, 0.2) is 5.82 Å². The summed E-state index contributed by atoms with van der Waals surface area (Å²) in [6.07, 6.45) is 1.72. The molecule has 1 aromatic carbocycles. The highest BCUT2D eigenvalue weighted by atomic mass is 32.2. The van der Waals surface area contributed by atoms with Gasteiger partial charge >= 0.3 is 0 Å². The van der Waals surface area contributed by atoms with Crippen LogP contribution in [0, 0.1) is 11.3 Å². The quantitative estimate of drug-likeness (QED) is 0.727. The van der Waals surface area contributed by atoms with Gasteiger partial charge < -0.3 is 15.0 Å². The molecule has 1 aromatic heterocycles. The number of benzene rings is 1. The van der Waals surface area contributed by atoms with Gasteiger partial charge in [0.25, 0.3) is 5.91 Å². The van der Waals surface area contributed by atoms with E-state index in [1.807, 2.05) is 4.90 Å². The van der Waals surface area contributed by atoms with Gasteiger partial charge in [-0.3, -0.25) is 9.89 Å². The van der Waals surface area contributed by atoms with Crippen molar-refractivity contribution >= 4 is 27.6 Å². The van der Waals surface area contributed by atoms with E-state index in [1.165, 1.54) is 28.6 Å². The van der Waals surface area contributed by atoms with Gasteiger partial charge in [0.1, 0.15) is 17.5 Å². The third kappa shape index (κ3) is 3.89. The number of H-pyrrole nitrogens is 1. The minimum absolute atomic E-state index is 0.162. The largest absolute Gasteiger partial charge is 0.378 e. The molecule has 2 aliphatic rings. The van der Waals surface area contributed by atoms with E-state index in [4.69, 9.17) is 4.74 Å². The number of aromatic amines is 1.